The second kappa shape index (κ2) is 5.40. The molecule has 108 valence electrons. The van der Waals surface area contributed by atoms with Crippen LogP contribution in [0.3, 0.4) is 0 Å². The summed E-state index contributed by atoms with van der Waals surface area (Å²) in [4.78, 5) is 0. The van der Waals surface area contributed by atoms with Gasteiger partial charge in [-0.3, -0.25) is 0 Å². The standard InChI is InChI=1S/C15H17N5O/c1-10-7-8-15(21-10)11(2)16-13-5-4-6-14(9-13)20-12(3)17-18-19-20/h4-9,11,16H,1-3H3. The van der Waals surface area contributed by atoms with Gasteiger partial charge in [-0.25, -0.2) is 0 Å². The molecular formula is C15H17N5O. The maximum atomic E-state index is 5.64. The quantitative estimate of drug-likeness (QED) is 0.797. The molecular weight excluding hydrogens is 266 g/mol. The lowest BCUT2D eigenvalue weighted by molar-refractivity contribution is 0.467. The van der Waals surface area contributed by atoms with E-state index in [1.54, 1.807) is 4.68 Å². The molecule has 21 heavy (non-hydrogen) atoms. The van der Waals surface area contributed by atoms with Crippen LogP contribution in [-0.4, -0.2) is 20.2 Å². The van der Waals surface area contributed by atoms with Crippen molar-refractivity contribution in [2.45, 2.75) is 26.8 Å². The summed E-state index contributed by atoms with van der Waals surface area (Å²) in [5, 5.41) is 15.0. The number of rotatable bonds is 4. The van der Waals surface area contributed by atoms with Gasteiger partial charge in [-0.05, 0) is 61.5 Å². The zero-order valence-corrected chi connectivity index (χ0v) is 12.2. The Hall–Kier alpha value is -2.63. The third-order valence-electron chi connectivity index (χ3n) is 3.29. The lowest BCUT2D eigenvalue weighted by Gasteiger charge is -2.14. The Kier molecular flexibility index (Phi) is 3.43. The highest BCUT2D eigenvalue weighted by molar-refractivity contribution is 5.51. The minimum atomic E-state index is 0.0870. The molecule has 0 saturated carbocycles. The fraction of sp³-hybridized carbons (Fsp3) is 0.267. The normalized spacial score (nSPS) is 12.3. The molecule has 0 amide bonds. The maximum Gasteiger partial charge on any atom is 0.153 e. The van der Waals surface area contributed by atoms with Gasteiger partial charge in [-0.2, -0.15) is 4.68 Å². The maximum absolute atomic E-state index is 5.64. The van der Waals surface area contributed by atoms with E-state index in [1.807, 2.05) is 50.2 Å². The van der Waals surface area contributed by atoms with E-state index in [0.717, 1.165) is 28.7 Å². The SMILES string of the molecule is Cc1ccc(C(C)Nc2cccc(-n3nnnc3C)c2)o1. The third kappa shape index (κ3) is 2.79. The van der Waals surface area contributed by atoms with Crippen LogP contribution in [0.15, 0.2) is 40.8 Å². The topological polar surface area (TPSA) is 68.8 Å². The van der Waals surface area contributed by atoms with Gasteiger partial charge in [0.05, 0.1) is 11.7 Å². The van der Waals surface area contributed by atoms with E-state index in [4.69, 9.17) is 4.42 Å². The molecule has 6 heteroatoms. The summed E-state index contributed by atoms with van der Waals surface area (Å²) in [7, 11) is 0. The molecule has 0 aliphatic heterocycles. The van der Waals surface area contributed by atoms with Crippen LogP contribution in [0.5, 0.6) is 0 Å². The van der Waals surface area contributed by atoms with Crippen LogP contribution >= 0.6 is 0 Å². The minimum absolute atomic E-state index is 0.0870. The number of nitrogens with one attached hydrogen (secondary N) is 1. The second-order valence-electron chi connectivity index (χ2n) is 5.00. The van der Waals surface area contributed by atoms with Gasteiger partial charge in [0.1, 0.15) is 11.5 Å². The average molecular weight is 283 g/mol. The Morgan fingerprint density at radius 3 is 2.71 bits per heavy atom. The predicted octanol–water partition coefficient (Wildman–Crippen LogP) is 3.05. The lowest BCUT2D eigenvalue weighted by Crippen LogP contribution is -2.06. The molecule has 0 aliphatic rings. The van der Waals surface area contributed by atoms with Crippen molar-refractivity contribution in [3.8, 4) is 5.69 Å². The van der Waals surface area contributed by atoms with Gasteiger partial charge in [0.25, 0.3) is 0 Å². The predicted molar refractivity (Wildman–Crippen MR) is 79.4 cm³/mol. The number of tetrazole rings is 1. The number of hydrogen-bond donors (Lipinski definition) is 1. The Bertz CT molecular complexity index is 746. The van der Waals surface area contributed by atoms with Gasteiger partial charge in [0, 0.05) is 5.69 Å². The molecule has 3 aromatic rings. The van der Waals surface area contributed by atoms with Gasteiger partial charge in [-0.15, -0.1) is 5.10 Å². The monoisotopic (exact) mass is 283 g/mol. The fourth-order valence-corrected chi connectivity index (χ4v) is 2.20. The van der Waals surface area contributed by atoms with Crippen molar-refractivity contribution < 1.29 is 4.42 Å². The fourth-order valence-electron chi connectivity index (χ4n) is 2.20. The van der Waals surface area contributed by atoms with Crippen LogP contribution in [0.25, 0.3) is 5.69 Å². The first-order valence-corrected chi connectivity index (χ1v) is 6.82. The Labute approximate surface area is 122 Å². The van der Waals surface area contributed by atoms with Crippen molar-refractivity contribution in [3.63, 3.8) is 0 Å². The Balaban J connectivity index is 1.82. The molecule has 1 unspecified atom stereocenters. The van der Waals surface area contributed by atoms with Crippen LogP contribution in [0.4, 0.5) is 5.69 Å². The van der Waals surface area contributed by atoms with Gasteiger partial charge >= 0.3 is 0 Å². The van der Waals surface area contributed by atoms with Crippen molar-refractivity contribution in [2.24, 2.45) is 0 Å². The van der Waals surface area contributed by atoms with Gasteiger partial charge in [0.2, 0.25) is 0 Å². The first-order valence-electron chi connectivity index (χ1n) is 6.82. The molecule has 2 heterocycles. The summed E-state index contributed by atoms with van der Waals surface area (Å²) >= 11 is 0. The van der Waals surface area contributed by atoms with Crippen molar-refractivity contribution in [2.75, 3.05) is 5.32 Å². The van der Waals surface area contributed by atoms with Gasteiger partial charge < -0.3 is 9.73 Å². The molecule has 3 rings (SSSR count). The number of aromatic nitrogens is 4. The zero-order chi connectivity index (χ0) is 14.8. The van der Waals surface area contributed by atoms with Crippen LogP contribution in [-0.2, 0) is 0 Å². The van der Waals surface area contributed by atoms with E-state index in [-0.39, 0.29) is 6.04 Å². The zero-order valence-electron chi connectivity index (χ0n) is 12.2. The van der Waals surface area contributed by atoms with Gasteiger partial charge in [-0.1, -0.05) is 6.07 Å². The molecule has 2 aromatic heterocycles. The average Bonchev–Trinajstić information content (AvgIpc) is 3.08. The minimum Gasteiger partial charge on any atom is -0.464 e. The van der Waals surface area contributed by atoms with Crippen LogP contribution in [0.2, 0.25) is 0 Å². The molecule has 0 bridgehead atoms. The van der Waals surface area contributed by atoms with E-state index >= 15 is 0 Å². The number of hydrogen-bond acceptors (Lipinski definition) is 5. The summed E-state index contributed by atoms with van der Waals surface area (Å²) in [6.45, 7) is 5.87. The van der Waals surface area contributed by atoms with Crippen molar-refractivity contribution in [1.82, 2.24) is 20.2 Å². The van der Waals surface area contributed by atoms with E-state index in [2.05, 4.69) is 27.8 Å². The molecule has 0 fully saturated rings. The Morgan fingerprint density at radius 1 is 1.19 bits per heavy atom. The molecule has 0 spiro atoms. The molecule has 0 aliphatic carbocycles. The van der Waals surface area contributed by atoms with Crippen molar-refractivity contribution >= 4 is 5.69 Å². The van der Waals surface area contributed by atoms with E-state index in [0.29, 0.717) is 0 Å². The largest absolute Gasteiger partial charge is 0.464 e. The summed E-state index contributed by atoms with van der Waals surface area (Å²) in [6.07, 6.45) is 0. The highest BCUT2D eigenvalue weighted by atomic mass is 16.3. The van der Waals surface area contributed by atoms with Crippen LogP contribution in [0.1, 0.15) is 30.3 Å². The molecule has 1 N–H and O–H groups in total. The summed E-state index contributed by atoms with van der Waals surface area (Å²) in [6, 6.07) is 12.0. The van der Waals surface area contributed by atoms with E-state index in [1.165, 1.54) is 0 Å². The number of aryl methyl sites for hydroxylation is 2. The van der Waals surface area contributed by atoms with Crippen LogP contribution < -0.4 is 5.32 Å². The lowest BCUT2D eigenvalue weighted by atomic mass is 10.2. The molecule has 0 saturated heterocycles. The summed E-state index contributed by atoms with van der Waals surface area (Å²) < 4.78 is 7.34. The summed E-state index contributed by atoms with van der Waals surface area (Å²) in [5.41, 5.74) is 1.91. The van der Waals surface area contributed by atoms with E-state index in [9.17, 15) is 0 Å². The second-order valence-corrected chi connectivity index (χ2v) is 5.00. The molecule has 0 radical (unpaired) electrons. The highest BCUT2D eigenvalue weighted by Gasteiger charge is 2.10. The summed E-state index contributed by atoms with van der Waals surface area (Å²) in [5.74, 6) is 2.58. The highest BCUT2D eigenvalue weighted by Crippen LogP contribution is 2.22. The number of benzene rings is 1. The van der Waals surface area contributed by atoms with Crippen LogP contribution in [0, 0.1) is 13.8 Å². The Morgan fingerprint density at radius 2 is 2.05 bits per heavy atom. The number of furan rings is 1. The molecule has 6 nitrogen and oxygen atoms in total. The molecule has 1 aromatic carbocycles. The third-order valence-corrected chi connectivity index (χ3v) is 3.29. The van der Waals surface area contributed by atoms with Crippen molar-refractivity contribution in [1.29, 1.82) is 0 Å². The number of anilines is 1. The first kappa shape index (κ1) is 13.4. The van der Waals surface area contributed by atoms with Gasteiger partial charge in [0.15, 0.2) is 5.82 Å². The van der Waals surface area contributed by atoms with E-state index < -0.39 is 0 Å². The van der Waals surface area contributed by atoms with Crippen molar-refractivity contribution in [3.05, 3.63) is 53.7 Å². The number of nitrogens with zero attached hydrogens (tertiary/aromatic N) is 4. The molecule has 1 atom stereocenters. The smallest absolute Gasteiger partial charge is 0.153 e. The first-order chi connectivity index (χ1) is 10.1.